The second-order valence-corrected chi connectivity index (χ2v) is 4.04. The van der Waals surface area contributed by atoms with Crippen LogP contribution in [-0.4, -0.2) is 42.4 Å². The average Bonchev–Trinajstić information content (AvgIpc) is 3.12. The minimum Gasteiger partial charge on any atom is -0.464 e. The maximum Gasteiger partial charge on any atom is 0.358 e. The zero-order valence-electron chi connectivity index (χ0n) is 10.7. The largest absolute Gasteiger partial charge is 0.464 e. The Morgan fingerprint density at radius 3 is 2.86 bits per heavy atom. The predicted octanol–water partition coefficient (Wildman–Crippen LogP) is 0.610. The summed E-state index contributed by atoms with van der Waals surface area (Å²) in [4.78, 5) is 25.6. The molecule has 3 heterocycles. The van der Waals surface area contributed by atoms with Crippen molar-refractivity contribution in [2.75, 3.05) is 7.11 Å². The SMILES string of the molecule is COC(=O)c1cc2ncc(-n3cc([N+](=O)[O-])cn3)cn2n1. The maximum absolute atomic E-state index is 11.4. The number of carbonyl (C=O) groups excluding carboxylic acids is 1. The molecule has 0 saturated heterocycles. The monoisotopic (exact) mass is 288 g/mol. The molecule has 0 atom stereocenters. The molecule has 0 spiro atoms. The van der Waals surface area contributed by atoms with E-state index in [2.05, 4.69) is 19.9 Å². The Morgan fingerprint density at radius 1 is 1.38 bits per heavy atom. The summed E-state index contributed by atoms with van der Waals surface area (Å²) < 4.78 is 7.24. The van der Waals surface area contributed by atoms with Crippen molar-refractivity contribution in [2.24, 2.45) is 0 Å². The topological polar surface area (TPSA) is 117 Å². The summed E-state index contributed by atoms with van der Waals surface area (Å²) in [6, 6.07) is 1.47. The Bertz CT molecular complexity index is 851. The van der Waals surface area contributed by atoms with Crippen LogP contribution in [0.3, 0.4) is 0 Å². The van der Waals surface area contributed by atoms with Crippen LogP contribution in [0.4, 0.5) is 5.69 Å². The Hall–Kier alpha value is -3.30. The number of hydrogen-bond donors (Lipinski definition) is 0. The quantitative estimate of drug-likeness (QED) is 0.393. The van der Waals surface area contributed by atoms with E-state index in [0.717, 1.165) is 6.20 Å². The number of hydrogen-bond acceptors (Lipinski definition) is 7. The van der Waals surface area contributed by atoms with Gasteiger partial charge in [0.15, 0.2) is 11.3 Å². The highest BCUT2D eigenvalue weighted by molar-refractivity contribution is 5.88. The van der Waals surface area contributed by atoms with Crippen LogP contribution in [0.25, 0.3) is 11.3 Å². The van der Waals surface area contributed by atoms with Crippen LogP contribution in [0, 0.1) is 10.1 Å². The van der Waals surface area contributed by atoms with Crippen molar-refractivity contribution in [1.82, 2.24) is 24.4 Å². The number of fused-ring (bicyclic) bond motifs is 1. The molecule has 0 N–H and O–H groups in total. The second-order valence-electron chi connectivity index (χ2n) is 4.04. The van der Waals surface area contributed by atoms with Gasteiger partial charge in [-0.25, -0.2) is 19.0 Å². The lowest BCUT2D eigenvalue weighted by molar-refractivity contribution is -0.384. The lowest BCUT2D eigenvalue weighted by Crippen LogP contribution is -2.03. The third kappa shape index (κ3) is 2.18. The number of rotatable bonds is 3. The molecular weight excluding hydrogens is 280 g/mol. The van der Waals surface area contributed by atoms with E-state index in [4.69, 9.17) is 0 Å². The number of aromatic nitrogens is 5. The molecule has 3 aromatic heterocycles. The van der Waals surface area contributed by atoms with Crippen LogP contribution in [0.2, 0.25) is 0 Å². The van der Waals surface area contributed by atoms with Crippen molar-refractivity contribution in [1.29, 1.82) is 0 Å². The molecule has 10 heteroatoms. The molecule has 0 saturated carbocycles. The van der Waals surface area contributed by atoms with Gasteiger partial charge in [0, 0.05) is 6.07 Å². The summed E-state index contributed by atoms with van der Waals surface area (Å²) in [7, 11) is 1.26. The van der Waals surface area contributed by atoms with Crippen LogP contribution in [0.5, 0.6) is 0 Å². The molecule has 10 nitrogen and oxygen atoms in total. The highest BCUT2D eigenvalue weighted by atomic mass is 16.6. The highest BCUT2D eigenvalue weighted by Crippen LogP contribution is 2.14. The minimum atomic E-state index is -0.572. The van der Waals surface area contributed by atoms with Crippen LogP contribution in [-0.2, 0) is 4.74 Å². The van der Waals surface area contributed by atoms with Gasteiger partial charge in [-0.3, -0.25) is 10.1 Å². The predicted molar refractivity (Wildman–Crippen MR) is 68.1 cm³/mol. The van der Waals surface area contributed by atoms with E-state index in [1.165, 1.54) is 34.8 Å². The molecule has 0 amide bonds. The van der Waals surface area contributed by atoms with Gasteiger partial charge in [0.2, 0.25) is 0 Å². The van der Waals surface area contributed by atoms with Crippen molar-refractivity contribution in [3.63, 3.8) is 0 Å². The third-order valence-corrected chi connectivity index (χ3v) is 2.74. The van der Waals surface area contributed by atoms with Gasteiger partial charge >= 0.3 is 11.7 Å². The average molecular weight is 288 g/mol. The fourth-order valence-corrected chi connectivity index (χ4v) is 1.74. The standard InChI is InChI=1S/C11H8N6O4/c1-21-11(18)9-2-10-12-3-7(5-16(10)14-9)15-6-8(4-13-15)17(19)20/h2-6H,1H3. The zero-order chi connectivity index (χ0) is 15.0. The summed E-state index contributed by atoms with van der Waals surface area (Å²) >= 11 is 0. The van der Waals surface area contributed by atoms with Crippen LogP contribution >= 0.6 is 0 Å². The Kier molecular flexibility index (Phi) is 2.83. The van der Waals surface area contributed by atoms with Crippen molar-refractivity contribution in [3.8, 4) is 5.69 Å². The number of ether oxygens (including phenoxy) is 1. The van der Waals surface area contributed by atoms with Gasteiger partial charge in [0.05, 0.1) is 24.4 Å². The molecule has 0 aliphatic heterocycles. The molecule has 0 bridgehead atoms. The van der Waals surface area contributed by atoms with Crippen molar-refractivity contribution in [2.45, 2.75) is 0 Å². The second kappa shape index (κ2) is 4.67. The molecule has 3 rings (SSSR count). The molecule has 0 aliphatic rings. The van der Waals surface area contributed by atoms with E-state index in [1.807, 2.05) is 0 Å². The van der Waals surface area contributed by atoms with E-state index in [1.54, 1.807) is 6.20 Å². The van der Waals surface area contributed by atoms with Crippen LogP contribution in [0.1, 0.15) is 10.5 Å². The molecule has 21 heavy (non-hydrogen) atoms. The van der Waals surface area contributed by atoms with E-state index < -0.39 is 10.9 Å². The smallest absolute Gasteiger partial charge is 0.358 e. The van der Waals surface area contributed by atoms with E-state index in [0.29, 0.717) is 11.3 Å². The first-order valence-electron chi connectivity index (χ1n) is 5.71. The number of nitro groups is 1. The lowest BCUT2D eigenvalue weighted by Gasteiger charge is -1.99. The minimum absolute atomic E-state index is 0.119. The van der Waals surface area contributed by atoms with E-state index >= 15 is 0 Å². The lowest BCUT2D eigenvalue weighted by atomic mass is 10.4. The number of nitrogens with zero attached hydrogens (tertiary/aromatic N) is 6. The number of esters is 1. The first-order chi connectivity index (χ1) is 10.1. The van der Waals surface area contributed by atoms with Gasteiger partial charge in [0.25, 0.3) is 0 Å². The van der Waals surface area contributed by atoms with Crippen LogP contribution in [0.15, 0.2) is 30.9 Å². The summed E-state index contributed by atoms with van der Waals surface area (Å²) in [5.74, 6) is -0.572. The van der Waals surface area contributed by atoms with Gasteiger partial charge in [-0.1, -0.05) is 0 Å². The van der Waals surface area contributed by atoms with E-state index in [-0.39, 0.29) is 11.4 Å². The Morgan fingerprint density at radius 2 is 2.19 bits per heavy atom. The molecule has 0 aromatic carbocycles. The maximum atomic E-state index is 11.4. The van der Waals surface area contributed by atoms with Crippen molar-refractivity contribution < 1.29 is 14.5 Å². The van der Waals surface area contributed by atoms with Gasteiger partial charge in [-0.05, 0) is 0 Å². The fourth-order valence-electron chi connectivity index (χ4n) is 1.74. The summed E-state index contributed by atoms with van der Waals surface area (Å²) in [5.41, 5.74) is 0.898. The third-order valence-electron chi connectivity index (χ3n) is 2.74. The zero-order valence-corrected chi connectivity index (χ0v) is 10.7. The fraction of sp³-hybridized carbons (Fsp3) is 0.0909. The van der Waals surface area contributed by atoms with Crippen molar-refractivity contribution >= 4 is 17.3 Å². The summed E-state index contributed by atoms with van der Waals surface area (Å²) in [6.45, 7) is 0. The molecule has 0 radical (unpaired) electrons. The Balaban J connectivity index is 2.03. The summed E-state index contributed by atoms with van der Waals surface area (Å²) in [5, 5.41) is 18.5. The van der Waals surface area contributed by atoms with Crippen molar-refractivity contribution in [3.05, 3.63) is 46.7 Å². The number of carbonyl (C=O) groups is 1. The Labute approximate surface area is 116 Å². The molecular formula is C11H8N6O4. The number of methoxy groups -OCH3 is 1. The first kappa shape index (κ1) is 12.7. The molecule has 0 aliphatic carbocycles. The summed E-state index contributed by atoms with van der Waals surface area (Å²) in [6.07, 6.45) is 5.40. The normalized spacial score (nSPS) is 10.7. The van der Waals surface area contributed by atoms with Crippen LogP contribution < -0.4 is 0 Å². The molecule has 0 unspecified atom stereocenters. The van der Waals surface area contributed by atoms with Gasteiger partial charge in [-0.2, -0.15) is 10.2 Å². The van der Waals surface area contributed by atoms with Gasteiger partial charge < -0.3 is 4.74 Å². The van der Waals surface area contributed by atoms with Gasteiger partial charge in [-0.15, -0.1) is 0 Å². The molecule has 3 aromatic rings. The van der Waals surface area contributed by atoms with Gasteiger partial charge in [0.1, 0.15) is 18.1 Å². The first-order valence-corrected chi connectivity index (χ1v) is 5.71. The molecule has 106 valence electrons. The van der Waals surface area contributed by atoms with E-state index in [9.17, 15) is 14.9 Å². The molecule has 0 fully saturated rings. The highest BCUT2D eigenvalue weighted by Gasteiger charge is 2.14.